The van der Waals surface area contributed by atoms with Crippen LogP contribution in [0.15, 0.2) is 0 Å². The summed E-state index contributed by atoms with van der Waals surface area (Å²) in [7, 11) is -8.86. The molecule has 8 nitrogen and oxygen atoms in total. The molecular weight excluding hydrogens is 228 g/mol. The summed E-state index contributed by atoms with van der Waals surface area (Å²) in [5, 5.41) is 8.36. The summed E-state index contributed by atoms with van der Waals surface area (Å²) in [5.74, 6) is 0. The van der Waals surface area contributed by atoms with E-state index in [9.17, 15) is 8.42 Å². The summed E-state index contributed by atoms with van der Waals surface area (Å²) < 4.78 is 59.3. The zero-order valence-corrected chi connectivity index (χ0v) is 8.16. The SMILES string of the molecule is CCC(O)S(=O)(=O)O.O=S(=O)(O)O. The topological polar surface area (TPSA) is 149 Å². The van der Waals surface area contributed by atoms with Crippen molar-refractivity contribution in [2.45, 2.75) is 18.8 Å². The number of rotatable bonds is 2. The summed E-state index contributed by atoms with van der Waals surface area (Å²) in [6, 6.07) is 0. The van der Waals surface area contributed by atoms with E-state index in [-0.39, 0.29) is 6.42 Å². The van der Waals surface area contributed by atoms with Gasteiger partial charge in [0.15, 0.2) is 5.44 Å². The van der Waals surface area contributed by atoms with Crippen molar-refractivity contribution in [3.8, 4) is 0 Å². The second-order valence-electron chi connectivity index (χ2n) is 1.83. The Morgan fingerprint density at radius 1 is 1.08 bits per heavy atom. The van der Waals surface area contributed by atoms with Gasteiger partial charge in [-0.1, -0.05) is 6.92 Å². The van der Waals surface area contributed by atoms with Gasteiger partial charge in [0.05, 0.1) is 0 Å². The van der Waals surface area contributed by atoms with Crippen LogP contribution in [0.5, 0.6) is 0 Å². The van der Waals surface area contributed by atoms with Crippen molar-refractivity contribution in [2.75, 3.05) is 0 Å². The molecule has 1 unspecified atom stereocenters. The Labute approximate surface area is 75.5 Å². The molecular formula is C3H10O8S2. The highest BCUT2D eigenvalue weighted by atomic mass is 32.3. The summed E-state index contributed by atoms with van der Waals surface area (Å²) >= 11 is 0. The molecule has 0 aromatic rings. The van der Waals surface area contributed by atoms with Crippen molar-refractivity contribution in [3.05, 3.63) is 0 Å². The summed E-state index contributed by atoms with van der Waals surface area (Å²) in [4.78, 5) is 0. The lowest BCUT2D eigenvalue weighted by atomic mass is 10.5. The third kappa shape index (κ3) is 18.6. The van der Waals surface area contributed by atoms with Crippen molar-refractivity contribution in [1.29, 1.82) is 0 Å². The summed E-state index contributed by atoms with van der Waals surface area (Å²) in [5.41, 5.74) is -1.62. The molecule has 82 valence electrons. The minimum Gasteiger partial charge on any atom is -0.375 e. The van der Waals surface area contributed by atoms with Crippen molar-refractivity contribution in [3.63, 3.8) is 0 Å². The Morgan fingerprint density at radius 2 is 1.31 bits per heavy atom. The van der Waals surface area contributed by atoms with Gasteiger partial charge >= 0.3 is 10.4 Å². The van der Waals surface area contributed by atoms with Gasteiger partial charge in [0.1, 0.15) is 0 Å². The van der Waals surface area contributed by atoms with Gasteiger partial charge in [-0.05, 0) is 6.42 Å². The highest BCUT2D eigenvalue weighted by Crippen LogP contribution is 1.96. The first-order chi connectivity index (χ1) is 5.48. The smallest absolute Gasteiger partial charge is 0.375 e. The Morgan fingerprint density at radius 3 is 1.31 bits per heavy atom. The number of aliphatic hydroxyl groups is 1. The fourth-order valence-corrected chi connectivity index (χ4v) is 0.632. The number of aliphatic hydroxyl groups excluding tert-OH is 1. The fourth-order valence-electron chi connectivity index (χ4n) is 0.211. The molecule has 0 amide bonds. The van der Waals surface area contributed by atoms with Gasteiger partial charge in [-0.15, -0.1) is 0 Å². The van der Waals surface area contributed by atoms with Gasteiger partial charge in [0, 0.05) is 0 Å². The predicted octanol–water partition coefficient (Wildman–Crippen LogP) is -1.05. The second kappa shape index (κ2) is 5.47. The van der Waals surface area contributed by atoms with E-state index >= 15 is 0 Å². The lowest BCUT2D eigenvalue weighted by Crippen LogP contribution is -2.17. The van der Waals surface area contributed by atoms with Crippen LogP contribution in [-0.4, -0.2) is 41.0 Å². The molecule has 13 heavy (non-hydrogen) atoms. The van der Waals surface area contributed by atoms with Crippen LogP contribution in [0.3, 0.4) is 0 Å². The van der Waals surface area contributed by atoms with Crippen LogP contribution >= 0.6 is 0 Å². The molecule has 0 heterocycles. The zero-order chi connectivity index (χ0) is 11.3. The molecule has 0 radical (unpaired) electrons. The van der Waals surface area contributed by atoms with Crippen LogP contribution in [0.25, 0.3) is 0 Å². The van der Waals surface area contributed by atoms with E-state index in [1.54, 1.807) is 0 Å². The van der Waals surface area contributed by atoms with E-state index < -0.39 is 26.0 Å². The maximum atomic E-state index is 9.87. The third-order valence-electron chi connectivity index (χ3n) is 0.693. The van der Waals surface area contributed by atoms with Gasteiger partial charge in [-0.25, -0.2) is 0 Å². The number of hydrogen-bond donors (Lipinski definition) is 4. The molecule has 0 bridgehead atoms. The normalized spacial score (nSPS) is 14.2. The zero-order valence-electron chi connectivity index (χ0n) is 6.52. The summed E-state index contributed by atoms with van der Waals surface area (Å²) in [6.07, 6.45) is 0.0127. The summed E-state index contributed by atoms with van der Waals surface area (Å²) in [6.45, 7) is 1.46. The lowest BCUT2D eigenvalue weighted by Gasteiger charge is -1.99. The molecule has 0 rings (SSSR count). The Balaban J connectivity index is 0. The van der Waals surface area contributed by atoms with Crippen LogP contribution in [0, 0.1) is 0 Å². The fraction of sp³-hybridized carbons (Fsp3) is 1.00. The van der Waals surface area contributed by atoms with Gasteiger partial charge in [0.25, 0.3) is 10.1 Å². The van der Waals surface area contributed by atoms with Crippen LogP contribution in [0.2, 0.25) is 0 Å². The average Bonchev–Trinajstić information content (AvgIpc) is 1.80. The second-order valence-corrected chi connectivity index (χ2v) is 4.30. The molecule has 0 fully saturated rings. The monoisotopic (exact) mass is 238 g/mol. The molecule has 0 aliphatic rings. The van der Waals surface area contributed by atoms with E-state index in [1.165, 1.54) is 6.92 Å². The maximum Gasteiger partial charge on any atom is 0.394 e. The van der Waals surface area contributed by atoms with E-state index in [4.69, 9.17) is 27.2 Å². The molecule has 0 aromatic carbocycles. The number of hydrogen-bond acceptors (Lipinski definition) is 5. The molecule has 0 saturated carbocycles. The largest absolute Gasteiger partial charge is 0.394 e. The van der Waals surface area contributed by atoms with Crippen molar-refractivity contribution in [1.82, 2.24) is 0 Å². The molecule has 0 spiro atoms. The Kier molecular flexibility index (Phi) is 6.40. The molecule has 0 aliphatic carbocycles. The van der Waals surface area contributed by atoms with E-state index in [2.05, 4.69) is 0 Å². The van der Waals surface area contributed by atoms with Gasteiger partial charge < -0.3 is 5.11 Å². The van der Waals surface area contributed by atoms with E-state index in [0.717, 1.165) is 0 Å². The first-order valence-corrected chi connectivity index (χ1v) is 5.72. The highest BCUT2D eigenvalue weighted by molar-refractivity contribution is 7.86. The third-order valence-corrected chi connectivity index (χ3v) is 1.71. The quantitative estimate of drug-likeness (QED) is 0.445. The van der Waals surface area contributed by atoms with Gasteiger partial charge in [0.2, 0.25) is 0 Å². The minimum absolute atomic E-state index is 0.0127. The van der Waals surface area contributed by atoms with Crippen molar-refractivity contribution < 1.29 is 35.6 Å². The maximum absolute atomic E-state index is 9.87. The average molecular weight is 238 g/mol. The Hall–Kier alpha value is -0.260. The van der Waals surface area contributed by atoms with E-state index in [0.29, 0.717) is 0 Å². The highest BCUT2D eigenvalue weighted by Gasteiger charge is 2.15. The molecule has 1 atom stereocenters. The lowest BCUT2D eigenvalue weighted by molar-refractivity contribution is 0.229. The van der Waals surface area contributed by atoms with Gasteiger partial charge in [-0.2, -0.15) is 16.8 Å². The Bertz CT molecular complexity index is 303. The molecule has 0 aromatic heterocycles. The predicted molar refractivity (Wildman–Crippen MR) is 42.0 cm³/mol. The first kappa shape index (κ1) is 15.2. The van der Waals surface area contributed by atoms with Crippen molar-refractivity contribution >= 4 is 20.5 Å². The van der Waals surface area contributed by atoms with E-state index in [1.807, 2.05) is 0 Å². The van der Waals surface area contributed by atoms with Crippen molar-refractivity contribution in [2.24, 2.45) is 0 Å². The molecule has 0 aliphatic heterocycles. The van der Waals surface area contributed by atoms with Crippen LogP contribution in [0.4, 0.5) is 0 Å². The standard InChI is InChI=1S/C3H8O4S.H2O4S/c1-2-3(4)8(5,6)7;1-5(2,3)4/h3-4H,2H2,1H3,(H,5,6,7);(H2,1,2,3,4). The van der Waals surface area contributed by atoms with Crippen LogP contribution < -0.4 is 0 Å². The van der Waals surface area contributed by atoms with Crippen LogP contribution in [0.1, 0.15) is 13.3 Å². The minimum atomic E-state index is -4.67. The molecule has 4 N–H and O–H groups in total. The van der Waals surface area contributed by atoms with Crippen LogP contribution in [-0.2, 0) is 20.5 Å². The first-order valence-electron chi connectivity index (χ1n) is 2.82. The molecule has 0 saturated heterocycles. The van der Waals surface area contributed by atoms with Gasteiger partial charge in [-0.3, -0.25) is 13.7 Å². The molecule has 10 heteroatoms.